The van der Waals surface area contributed by atoms with E-state index in [1.54, 1.807) is 30.9 Å². The van der Waals surface area contributed by atoms with Crippen LogP contribution in [0.5, 0.6) is 0 Å². The number of carboxylic acids is 1. The molecule has 0 aromatic carbocycles. The number of nitrogens with zero attached hydrogens (tertiary/aromatic N) is 6. The van der Waals surface area contributed by atoms with Crippen molar-refractivity contribution in [1.82, 2.24) is 29.9 Å². The number of carboxylic acid groups (broad SMARTS) is 1. The summed E-state index contributed by atoms with van der Waals surface area (Å²) in [6.45, 7) is 5.22. The normalized spacial score (nSPS) is 15.4. The number of nitrogens with one attached hydrogen (secondary N) is 1. The van der Waals surface area contributed by atoms with E-state index in [1.165, 1.54) is 0 Å². The maximum absolute atomic E-state index is 11.2. The van der Waals surface area contributed by atoms with E-state index in [0.717, 1.165) is 43.0 Å². The smallest absolute Gasteiger partial charge is 0.311 e. The molecule has 1 saturated heterocycles. The first-order valence-corrected chi connectivity index (χ1v) is 10.3. The number of hydrogen-bond donors (Lipinski definition) is 2. The van der Waals surface area contributed by atoms with Gasteiger partial charge in [-0.1, -0.05) is 0 Å². The molecule has 3 aromatic heterocycles. The number of aromatic nitrogens is 6. The summed E-state index contributed by atoms with van der Waals surface area (Å²) in [6.07, 6.45) is 5.27. The summed E-state index contributed by atoms with van der Waals surface area (Å²) in [5.74, 6) is 1.38. The molecule has 0 radical (unpaired) electrons. The van der Waals surface area contributed by atoms with Gasteiger partial charge in [0.2, 0.25) is 0 Å². The molecule has 1 aliphatic rings. The Morgan fingerprint density at radius 2 is 1.97 bits per heavy atom. The molecule has 0 bridgehead atoms. The highest BCUT2D eigenvalue weighted by Gasteiger charge is 2.30. The largest absolute Gasteiger partial charge is 0.481 e. The van der Waals surface area contributed by atoms with Crippen LogP contribution in [0.25, 0.3) is 22.9 Å². The summed E-state index contributed by atoms with van der Waals surface area (Å²) in [7, 11) is 1.86. The second-order valence-corrected chi connectivity index (χ2v) is 8.45. The van der Waals surface area contributed by atoms with Crippen LogP contribution in [0.3, 0.4) is 0 Å². The number of aliphatic carboxylic acids is 1. The maximum Gasteiger partial charge on any atom is 0.311 e. The van der Waals surface area contributed by atoms with Crippen LogP contribution in [0.4, 0.5) is 5.82 Å². The second kappa shape index (κ2) is 8.46. The van der Waals surface area contributed by atoms with Crippen LogP contribution in [-0.4, -0.2) is 66.8 Å². The van der Waals surface area contributed by atoms with Gasteiger partial charge in [-0.15, -0.1) is 10.2 Å². The SMILES string of the molecule is Cn1nccc1-c1nnc(-c2ccc(N3CCC(OCC(C)(C)C(=O)O)CC3)nc2)[nH]1. The van der Waals surface area contributed by atoms with E-state index in [0.29, 0.717) is 11.6 Å². The number of carbonyl (C=O) groups is 1. The Bertz CT molecular complexity index is 1030. The van der Waals surface area contributed by atoms with Crippen molar-refractivity contribution in [2.45, 2.75) is 32.8 Å². The lowest BCUT2D eigenvalue weighted by Gasteiger charge is -2.34. The Balaban J connectivity index is 1.34. The molecular formula is C21H27N7O3. The molecule has 4 rings (SSSR count). The molecule has 1 aliphatic heterocycles. The number of anilines is 1. The van der Waals surface area contributed by atoms with E-state index < -0.39 is 11.4 Å². The first kappa shape index (κ1) is 21.0. The minimum Gasteiger partial charge on any atom is -0.481 e. The third-order valence-corrected chi connectivity index (χ3v) is 5.60. The van der Waals surface area contributed by atoms with Gasteiger partial charge in [0.1, 0.15) is 11.5 Å². The molecule has 2 N–H and O–H groups in total. The van der Waals surface area contributed by atoms with Crippen molar-refractivity contribution in [3.05, 3.63) is 30.6 Å². The van der Waals surface area contributed by atoms with Crippen LogP contribution in [0, 0.1) is 5.41 Å². The molecule has 10 nitrogen and oxygen atoms in total. The first-order valence-electron chi connectivity index (χ1n) is 10.3. The van der Waals surface area contributed by atoms with Crippen LogP contribution in [-0.2, 0) is 16.6 Å². The molecule has 1 fully saturated rings. The molecule has 31 heavy (non-hydrogen) atoms. The Morgan fingerprint density at radius 3 is 2.58 bits per heavy atom. The molecule has 10 heteroatoms. The van der Waals surface area contributed by atoms with E-state index in [-0.39, 0.29) is 12.7 Å². The van der Waals surface area contributed by atoms with E-state index >= 15 is 0 Å². The lowest BCUT2D eigenvalue weighted by molar-refractivity contribution is -0.152. The standard InChI is InChI=1S/C21H27N7O3/c1-21(2,20(29)30)13-31-15-7-10-28(11-8-15)17-5-4-14(12-22-17)18-24-19(26-25-18)16-6-9-23-27(16)3/h4-6,9,12,15H,7-8,10-11,13H2,1-3H3,(H,29,30)(H,24,25,26). The van der Waals surface area contributed by atoms with E-state index in [4.69, 9.17) is 4.74 Å². The predicted molar refractivity (Wildman–Crippen MR) is 114 cm³/mol. The summed E-state index contributed by atoms with van der Waals surface area (Å²) in [6, 6.07) is 5.84. The fourth-order valence-corrected chi connectivity index (χ4v) is 3.47. The van der Waals surface area contributed by atoms with Crippen LogP contribution in [0.2, 0.25) is 0 Å². The second-order valence-electron chi connectivity index (χ2n) is 8.45. The Kier molecular flexibility index (Phi) is 5.73. The zero-order valence-electron chi connectivity index (χ0n) is 17.9. The number of ether oxygens (including phenoxy) is 1. The fraction of sp³-hybridized carbons (Fsp3) is 0.476. The van der Waals surface area contributed by atoms with Gasteiger partial charge in [0.15, 0.2) is 11.6 Å². The average molecular weight is 425 g/mol. The van der Waals surface area contributed by atoms with Crippen molar-refractivity contribution >= 4 is 11.8 Å². The minimum atomic E-state index is -0.869. The number of aromatic amines is 1. The third kappa shape index (κ3) is 4.58. The van der Waals surface area contributed by atoms with Gasteiger partial charge in [0, 0.05) is 38.1 Å². The van der Waals surface area contributed by atoms with Gasteiger partial charge in [-0.2, -0.15) is 5.10 Å². The summed E-state index contributed by atoms with van der Waals surface area (Å²) < 4.78 is 7.60. The molecule has 0 spiro atoms. The van der Waals surface area contributed by atoms with Gasteiger partial charge in [-0.3, -0.25) is 9.48 Å². The monoisotopic (exact) mass is 425 g/mol. The van der Waals surface area contributed by atoms with Crippen molar-refractivity contribution in [3.8, 4) is 22.9 Å². The van der Waals surface area contributed by atoms with Crippen molar-refractivity contribution in [3.63, 3.8) is 0 Å². The predicted octanol–water partition coefficient (Wildman–Crippen LogP) is 2.36. The van der Waals surface area contributed by atoms with Gasteiger partial charge in [0.25, 0.3) is 0 Å². The van der Waals surface area contributed by atoms with E-state index in [9.17, 15) is 9.90 Å². The molecule has 0 unspecified atom stereocenters. The quantitative estimate of drug-likeness (QED) is 0.592. The number of aryl methyl sites for hydroxylation is 1. The summed E-state index contributed by atoms with van der Waals surface area (Å²) in [4.78, 5) is 21.3. The van der Waals surface area contributed by atoms with Gasteiger partial charge < -0.3 is 19.7 Å². The van der Waals surface area contributed by atoms with Crippen LogP contribution in [0.15, 0.2) is 30.6 Å². The molecule has 0 atom stereocenters. The summed E-state index contributed by atoms with van der Waals surface area (Å²) >= 11 is 0. The van der Waals surface area contributed by atoms with Gasteiger partial charge in [0.05, 0.1) is 18.1 Å². The molecule has 4 heterocycles. The van der Waals surface area contributed by atoms with Crippen molar-refractivity contribution in [2.75, 3.05) is 24.6 Å². The number of hydrogen-bond acceptors (Lipinski definition) is 7. The Hall–Kier alpha value is -3.27. The number of H-pyrrole nitrogens is 1. The highest BCUT2D eigenvalue weighted by Crippen LogP contribution is 2.25. The maximum atomic E-state index is 11.2. The molecule has 164 valence electrons. The van der Waals surface area contributed by atoms with Crippen molar-refractivity contribution in [2.24, 2.45) is 12.5 Å². The molecule has 3 aromatic rings. The molecule has 0 saturated carbocycles. The number of rotatable bonds is 7. The van der Waals surface area contributed by atoms with Gasteiger partial charge in [-0.05, 0) is 44.9 Å². The number of piperidine rings is 1. The molecule has 0 aliphatic carbocycles. The Morgan fingerprint density at radius 1 is 1.23 bits per heavy atom. The summed E-state index contributed by atoms with van der Waals surface area (Å²) in [5.41, 5.74) is 0.852. The number of pyridine rings is 1. The fourth-order valence-electron chi connectivity index (χ4n) is 3.47. The lowest BCUT2D eigenvalue weighted by atomic mass is 9.95. The van der Waals surface area contributed by atoms with Crippen LogP contribution in [0.1, 0.15) is 26.7 Å². The Labute approximate surface area is 180 Å². The highest BCUT2D eigenvalue weighted by atomic mass is 16.5. The lowest BCUT2D eigenvalue weighted by Crippen LogP contribution is -2.39. The topological polar surface area (TPSA) is 122 Å². The van der Waals surface area contributed by atoms with Gasteiger partial charge in [-0.25, -0.2) is 4.98 Å². The van der Waals surface area contributed by atoms with Crippen molar-refractivity contribution in [1.29, 1.82) is 0 Å². The first-order chi connectivity index (χ1) is 14.8. The zero-order valence-corrected chi connectivity index (χ0v) is 17.9. The zero-order chi connectivity index (χ0) is 22.0. The summed E-state index contributed by atoms with van der Waals surface area (Å²) in [5, 5.41) is 21.8. The highest BCUT2D eigenvalue weighted by molar-refractivity contribution is 5.73. The van der Waals surface area contributed by atoms with Crippen LogP contribution < -0.4 is 4.90 Å². The van der Waals surface area contributed by atoms with Crippen LogP contribution >= 0.6 is 0 Å². The van der Waals surface area contributed by atoms with Crippen molar-refractivity contribution < 1.29 is 14.6 Å². The molecular weight excluding hydrogens is 398 g/mol. The van der Waals surface area contributed by atoms with Gasteiger partial charge >= 0.3 is 5.97 Å². The minimum absolute atomic E-state index is 0.0776. The molecule has 0 amide bonds. The van der Waals surface area contributed by atoms with E-state index in [2.05, 4.69) is 30.2 Å². The van der Waals surface area contributed by atoms with E-state index in [1.807, 2.05) is 25.2 Å². The third-order valence-electron chi connectivity index (χ3n) is 5.60. The average Bonchev–Trinajstić information content (AvgIpc) is 3.42.